The number of methoxy groups -OCH3 is 1. The Morgan fingerprint density at radius 1 is 1.19 bits per heavy atom. The lowest BCUT2D eigenvalue weighted by Crippen LogP contribution is -2.16. The molecule has 1 atom stereocenters. The van der Waals surface area contributed by atoms with E-state index >= 15 is 0 Å². The molecule has 1 N–H and O–H groups in total. The van der Waals surface area contributed by atoms with Gasteiger partial charge in [-0.05, 0) is 31.7 Å². The van der Waals surface area contributed by atoms with E-state index in [4.69, 9.17) is 9.47 Å². The number of benzene rings is 1. The predicted octanol–water partition coefficient (Wildman–Crippen LogP) is 3.34. The monoisotopic (exact) mass is 286 g/mol. The number of pyridine rings is 1. The van der Waals surface area contributed by atoms with Gasteiger partial charge in [-0.2, -0.15) is 0 Å². The maximum Gasteiger partial charge on any atom is 0.219 e. The number of para-hydroxylation sites is 1. The highest BCUT2D eigenvalue weighted by Gasteiger charge is 2.13. The first-order chi connectivity index (χ1) is 10.3. The van der Waals surface area contributed by atoms with Gasteiger partial charge in [0, 0.05) is 17.8 Å². The van der Waals surface area contributed by atoms with E-state index in [2.05, 4.69) is 23.3 Å². The van der Waals surface area contributed by atoms with Gasteiger partial charge in [0.05, 0.1) is 12.7 Å². The summed E-state index contributed by atoms with van der Waals surface area (Å²) in [5, 5.41) is 3.31. The zero-order valence-corrected chi connectivity index (χ0v) is 12.8. The van der Waals surface area contributed by atoms with E-state index in [-0.39, 0.29) is 6.04 Å². The molecule has 0 amide bonds. The number of nitrogens with one attached hydrogen (secondary N) is 1. The van der Waals surface area contributed by atoms with Crippen molar-refractivity contribution in [3.63, 3.8) is 0 Å². The van der Waals surface area contributed by atoms with Crippen LogP contribution in [0.5, 0.6) is 11.6 Å². The van der Waals surface area contributed by atoms with Crippen molar-refractivity contribution in [1.82, 2.24) is 10.3 Å². The van der Waals surface area contributed by atoms with Crippen LogP contribution in [0.25, 0.3) is 0 Å². The second-order valence-corrected chi connectivity index (χ2v) is 4.75. The molecule has 2 rings (SSSR count). The van der Waals surface area contributed by atoms with Gasteiger partial charge in [0.1, 0.15) is 12.4 Å². The lowest BCUT2D eigenvalue weighted by Gasteiger charge is -2.19. The first kappa shape index (κ1) is 15.3. The summed E-state index contributed by atoms with van der Waals surface area (Å²) in [7, 11) is 3.59. The number of rotatable bonds is 7. The van der Waals surface area contributed by atoms with Crippen LogP contribution in [0.15, 0.2) is 42.6 Å². The summed E-state index contributed by atoms with van der Waals surface area (Å²) < 4.78 is 11.2. The third-order valence-corrected chi connectivity index (χ3v) is 3.48. The molecule has 1 unspecified atom stereocenters. The van der Waals surface area contributed by atoms with Crippen molar-refractivity contribution in [1.29, 1.82) is 0 Å². The van der Waals surface area contributed by atoms with Crippen molar-refractivity contribution in [2.24, 2.45) is 0 Å². The van der Waals surface area contributed by atoms with Crippen LogP contribution in [0.1, 0.15) is 30.5 Å². The van der Waals surface area contributed by atoms with Gasteiger partial charge in [-0.3, -0.25) is 0 Å². The largest absolute Gasteiger partial charge is 0.488 e. The lowest BCUT2D eigenvalue weighted by atomic mass is 10.0. The van der Waals surface area contributed by atoms with Crippen LogP contribution in [-0.4, -0.2) is 19.1 Å². The number of aromatic nitrogens is 1. The molecular formula is C17H22N2O2. The van der Waals surface area contributed by atoms with Crippen LogP contribution >= 0.6 is 0 Å². The molecule has 0 aliphatic heterocycles. The first-order valence-corrected chi connectivity index (χ1v) is 7.17. The SMILES string of the molecule is CCC(NC)c1ccccc1OCc1cccnc1OC. The minimum atomic E-state index is 0.289. The standard InChI is InChI=1S/C17H22N2O2/c1-4-15(18-2)14-9-5-6-10-16(14)21-12-13-8-7-11-19-17(13)20-3/h5-11,15,18H,4,12H2,1-3H3. The van der Waals surface area contributed by atoms with Gasteiger partial charge in [-0.15, -0.1) is 0 Å². The molecule has 0 fully saturated rings. The molecule has 0 saturated carbocycles. The van der Waals surface area contributed by atoms with Gasteiger partial charge in [-0.1, -0.05) is 25.1 Å². The molecule has 0 aliphatic rings. The van der Waals surface area contributed by atoms with E-state index in [1.165, 1.54) is 5.56 Å². The summed E-state index contributed by atoms with van der Waals surface area (Å²) in [4.78, 5) is 4.18. The van der Waals surface area contributed by atoms with Crippen molar-refractivity contribution in [3.8, 4) is 11.6 Å². The smallest absolute Gasteiger partial charge is 0.219 e. The minimum absolute atomic E-state index is 0.289. The normalized spacial score (nSPS) is 12.0. The number of nitrogens with zero attached hydrogens (tertiary/aromatic N) is 1. The molecular weight excluding hydrogens is 264 g/mol. The highest BCUT2D eigenvalue weighted by Crippen LogP contribution is 2.28. The van der Waals surface area contributed by atoms with E-state index < -0.39 is 0 Å². The maximum absolute atomic E-state index is 5.99. The fourth-order valence-electron chi connectivity index (χ4n) is 2.35. The third kappa shape index (κ3) is 3.73. The highest BCUT2D eigenvalue weighted by atomic mass is 16.5. The fraction of sp³-hybridized carbons (Fsp3) is 0.353. The Hall–Kier alpha value is -2.07. The molecule has 0 saturated heterocycles. The number of hydrogen-bond donors (Lipinski definition) is 1. The van der Waals surface area contributed by atoms with Crippen molar-refractivity contribution in [2.75, 3.05) is 14.2 Å². The van der Waals surface area contributed by atoms with Gasteiger partial charge in [0.2, 0.25) is 5.88 Å². The van der Waals surface area contributed by atoms with E-state index in [1.54, 1.807) is 13.3 Å². The van der Waals surface area contributed by atoms with Gasteiger partial charge in [0.25, 0.3) is 0 Å². The fourth-order valence-corrected chi connectivity index (χ4v) is 2.35. The van der Waals surface area contributed by atoms with E-state index in [0.717, 1.165) is 17.7 Å². The average molecular weight is 286 g/mol. The molecule has 1 aromatic heterocycles. The molecule has 112 valence electrons. The molecule has 0 bridgehead atoms. The van der Waals surface area contributed by atoms with Crippen LogP contribution in [0, 0.1) is 0 Å². The summed E-state index contributed by atoms with van der Waals surface area (Å²) in [5.41, 5.74) is 2.11. The molecule has 4 nitrogen and oxygen atoms in total. The summed E-state index contributed by atoms with van der Waals surface area (Å²) in [6.45, 7) is 2.59. The predicted molar refractivity (Wildman–Crippen MR) is 83.7 cm³/mol. The van der Waals surface area contributed by atoms with Crippen molar-refractivity contribution in [2.45, 2.75) is 26.0 Å². The molecule has 0 aliphatic carbocycles. The molecule has 21 heavy (non-hydrogen) atoms. The summed E-state index contributed by atoms with van der Waals surface area (Å²) >= 11 is 0. The molecule has 0 radical (unpaired) electrons. The Balaban J connectivity index is 2.17. The van der Waals surface area contributed by atoms with Gasteiger partial charge >= 0.3 is 0 Å². The quantitative estimate of drug-likeness (QED) is 0.847. The Kier molecular flexibility index (Phi) is 5.58. The van der Waals surface area contributed by atoms with E-state index in [1.807, 2.05) is 37.4 Å². The second-order valence-electron chi connectivity index (χ2n) is 4.75. The number of ether oxygens (including phenoxy) is 2. The Labute approximate surface area is 126 Å². The zero-order valence-electron chi connectivity index (χ0n) is 12.8. The van der Waals surface area contributed by atoms with Crippen LogP contribution < -0.4 is 14.8 Å². The summed E-state index contributed by atoms with van der Waals surface area (Å²) in [6.07, 6.45) is 2.72. The van der Waals surface area contributed by atoms with Gasteiger partial charge in [0.15, 0.2) is 0 Å². The Morgan fingerprint density at radius 3 is 2.71 bits per heavy atom. The summed E-state index contributed by atoms with van der Waals surface area (Å²) in [5.74, 6) is 1.50. The van der Waals surface area contributed by atoms with Crippen LogP contribution in [-0.2, 0) is 6.61 Å². The Morgan fingerprint density at radius 2 is 2.00 bits per heavy atom. The molecule has 4 heteroatoms. The minimum Gasteiger partial charge on any atom is -0.488 e. The van der Waals surface area contributed by atoms with Gasteiger partial charge < -0.3 is 14.8 Å². The molecule has 1 aromatic carbocycles. The first-order valence-electron chi connectivity index (χ1n) is 7.17. The van der Waals surface area contributed by atoms with Crippen LogP contribution in [0.2, 0.25) is 0 Å². The average Bonchev–Trinajstić information content (AvgIpc) is 2.55. The van der Waals surface area contributed by atoms with Crippen molar-refractivity contribution < 1.29 is 9.47 Å². The van der Waals surface area contributed by atoms with Crippen molar-refractivity contribution in [3.05, 3.63) is 53.7 Å². The Bertz CT molecular complexity index is 568. The number of hydrogen-bond acceptors (Lipinski definition) is 4. The van der Waals surface area contributed by atoms with Gasteiger partial charge in [-0.25, -0.2) is 4.98 Å². The topological polar surface area (TPSA) is 43.4 Å². The van der Waals surface area contributed by atoms with Crippen molar-refractivity contribution >= 4 is 0 Å². The maximum atomic E-state index is 5.99. The molecule has 2 aromatic rings. The lowest BCUT2D eigenvalue weighted by molar-refractivity contribution is 0.288. The van der Waals surface area contributed by atoms with E-state index in [9.17, 15) is 0 Å². The zero-order chi connectivity index (χ0) is 15.1. The third-order valence-electron chi connectivity index (χ3n) is 3.48. The molecule has 1 heterocycles. The van der Waals surface area contributed by atoms with Crippen LogP contribution in [0.4, 0.5) is 0 Å². The second kappa shape index (κ2) is 7.64. The highest BCUT2D eigenvalue weighted by molar-refractivity contribution is 5.36. The van der Waals surface area contributed by atoms with E-state index in [0.29, 0.717) is 12.5 Å². The molecule has 0 spiro atoms. The van der Waals surface area contributed by atoms with Crippen LogP contribution in [0.3, 0.4) is 0 Å². The summed E-state index contributed by atoms with van der Waals surface area (Å²) in [6, 6.07) is 12.3.